The lowest BCUT2D eigenvalue weighted by Gasteiger charge is -2.15. The third-order valence-electron chi connectivity index (χ3n) is 3.74. The van der Waals surface area contributed by atoms with E-state index in [-0.39, 0.29) is 5.56 Å². The Hall–Kier alpha value is -1.42. The summed E-state index contributed by atoms with van der Waals surface area (Å²) in [6.45, 7) is 5.95. The predicted octanol–water partition coefficient (Wildman–Crippen LogP) is 3.92. The third-order valence-corrected chi connectivity index (χ3v) is 3.74. The number of esters is 1. The number of unbranched alkanes of at least 4 members (excludes halogenated alkanes) is 1. The van der Waals surface area contributed by atoms with Gasteiger partial charge in [-0.15, -0.1) is 0 Å². The highest BCUT2D eigenvalue weighted by atomic mass is 19.1. The molecular weight excluding hydrogens is 269 g/mol. The number of rotatable bonds is 9. The molecule has 0 spiro atoms. The molecule has 0 heterocycles. The summed E-state index contributed by atoms with van der Waals surface area (Å²) in [5.41, 5.74) is 0.820. The van der Waals surface area contributed by atoms with Gasteiger partial charge in [-0.05, 0) is 36.6 Å². The second-order valence-corrected chi connectivity index (χ2v) is 5.35. The standard InChI is InChI=1S/C17H26FNO2/c1-4-6-7-13(5-2)11-19-12-14-8-9-15(16(18)10-14)17(20)21-3/h8-10,13,19H,4-7,11-12H2,1-3H3. The number of methoxy groups -OCH3 is 1. The van der Waals surface area contributed by atoms with Crippen LogP contribution >= 0.6 is 0 Å². The molecule has 0 aliphatic rings. The fourth-order valence-corrected chi connectivity index (χ4v) is 2.31. The van der Waals surface area contributed by atoms with Crippen LogP contribution in [0.5, 0.6) is 0 Å². The maximum Gasteiger partial charge on any atom is 0.340 e. The topological polar surface area (TPSA) is 38.3 Å². The maximum absolute atomic E-state index is 13.8. The van der Waals surface area contributed by atoms with Gasteiger partial charge in [-0.3, -0.25) is 0 Å². The number of halogens is 1. The first-order valence-electron chi connectivity index (χ1n) is 7.69. The van der Waals surface area contributed by atoms with Crippen LogP contribution in [0.2, 0.25) is 0 Å². The lowest BCUT2D eigenvalue weighted by molar-refractivity contribution is 0.0595. The predicted molar refractivity (Wildman–Crippen MR) is 82.8 cm³/mol. The van der Waals surface area contributed by atoms with Gasteiger partial charge in [0, 0.05) is 6.54 Å². The molecule has 0 bridgehead atoms. The zero-order valence-corrected chi connectivity index (χ0v) is 13.2. The summed E-state index contributed by atoms with van der Waals surface area (Å²) >= 11 is 0. The van der Waals surface area contributed by atoms with Gasteiger partial charge in [0.2, 0.25) is 0 Å². The van der Waals surface area contributed by atoms with E-state index >= 15 is 0 Å². The van der Waals surface area contributed by atoms with E-state index in [1.165, 1.54) is 38.5 Å². The van der Waals surface area contributed by atoms with E-state index in [2.05, 4.69) is 23.9 Å². The minimum atomic E-state index is -0.641. The van der Waals surface area contributed by atoms with Crippen LogP contribution in [0.15, 0.2) is 18.2 Å². The van der Waals surface area contributed by atoms with Crippen molar-refractivity contribution in [1.29, 1.82) is 0 Å². The Bertz CT molecular complexity index is 448. The summed E-state index contributed by atoms with van der Waals surface area (Å²) in [4.78, 5) is 11.3. The van der Waals surface area contributed by atoms with Crippen LogP contribution in [-0.2, 0) is 11.3 Å². The molecule has 21 heavy (non-hydrogen) atoms. The molecule has 0 aliphatic heterocycles. The Morgan fingerprint density at radius 3 is 2.71 bits per heavy atom. The molecule has 1 N–H and O–H groups in total. The number of hydrogen-bond acceptors (Lipinski definition) is 3. The van der Waals surface area contributed by atoms with Crippen LogP contribution < -0.4 is 5.32 Å². The second kappa shape index (κ2) is 9.50. The summed E-state index contributed by atoms with van der Waals surface area (Å²) in [7, 11) is 1.25. The van der Waals surface area contributed by atoms with Crippen LogP contribution in [0.25, 0.3) is 0 Å². The van der Waals surface area contributed by atoms with Gasteiger partial charge in [0.25, 0.3) is 0 Å². The van der Waals surface area contributed by atoms with Gasteiger partial charge in [-0.25, -0.2) is 9.18 Å². The summed E-state index contributed by atoms with van der Waals surface area (Å²) in [5.74, 6) is -0.499. The highest BCUT2D eigenvalue weighted by molar-refractivity contribution is 5.89. The fourth-order valence-electron chi connectivity index (χ4n) is 2.31. The van der Waals surface area contributed by atoms with Crippen LogP contribution in [0.1, 0.15) is 55.5 Å². The molecule has 1 aromatic carbocycles. The zero-order chi connectivity index (χ0) is 15.7. The highest BCUT2D eigenvalue weighted by Gasteiger charge is 2.12. The number of benzene rings is 1. The van der Waals surface area contributed by atoms with E-state index in [1.807, 2.05) is 0 Å². The molecule has 3 nitrogen and oxygen atoms in total. The molecule has 0 saturated heterocycles. The average molecular weight is 295 g/mol. The molecule has 0 aromatic heterocycles. The Kier molecular flexibility index (Phi) is 7.98. The van der Waals surface area contributed by atoms with Crippen LogP contribution in [0, 0.1) is 11.7 Å². The maximum atomic E-state index is 13.8. The molecule has 0 fully saturated rings. The van der Waals surface area contributed by atoms with Crippen molar-refractivity contribution in [2.75, 3.05) is 13.7 Å². The van der Waals surface area contributed by atoms with E-state index in [0.29, 0.717) is 12.5 Å². The summed E-state index contributed by atoms with van der Waals surface area (Å²) < 4.78 is 18.3. The summed E-state index contributed by atoms with van der Waals surface area (Å²) in [6, 6.07) is 4.63. The molecule has 1 aromatic rings. The highest BCUT2D eigenvalue weighted by Crippen LogP contribution is 2.13. The quantitative estimate of drug-likeness (QED) is 0.702. The minimum Gasteiger partial charge on any atom is -0.465 e. The van der Waals surface area contributed by atoms with Gasteiger partial charge in [0.15, 0.2) is 0 Å². The van der Waals surface area contributed by atoms with E-state index in [1.54, 1.807) is 6.07 Å². The van der Waals surface area contributed by atoms with Gasteiger partial charge in [-0.1, -0.05) is 39.2 Å². The Morgan fingerprint density at radius 1 is 1.38 bits per heavy atom. The van der Waals surface area contributed by atoms with Crippen LogP contribution in [0.4, 0.5) is 4.39 Å². The van der Waals surface area contributed by atoms with Crippen molar-refractivity contribution < 1.29 is 13.9 Å². The molecule has 118 valence electrons. The molecule has 1 unspecified atom stereocenters. The van der Waals surface area contributed by atoms with E-state index < -0.39 is 11.8 Å². The van der Waals surface area contributed by atoms with Gasteiger partial charge >= 0.3 is 5.97 Å². The number of carbonyl (C=O) groups excluding carboxylic acids is 1. The van der Waals surface area contributed by atoms with Crippen molar-refractivity contribution >= 4 is 5.97 Å². The van der Waals surface area contributed by atoms with Crippen molar-refractivity contribution in [2.45, 2.75) is 46.1 Å². The SMILES string of the molecule is CCCCC(CC)CNCc1ccc(C(=O)OC)c(F)c1. The lowest BCUT2D eigenvalue weighted by Crippen LogP contribution is -2.22. The molecule has 4 heteroatoms. The van der Waals surface area contributed by atoms with Gasteiger partial charge < -0.3 is 10.1 Å². The van der Waals surface area contributed by atoms with Gasteiger partial charge in [0.05, 0.1) is 12.7 Å². The third kappa shape index (κ3) is 5.84. The second-order valence-electron chi connectivity index (χ2n) is 5.35. The lowest BCUT2D eigenvalue weighted by atomic mass is 9.99. The molecule has 0 amide bonds. The number of carbonyl (C=O) groups is 1. The van der Waals surface area contributed by atoms with Gasteiger partial charge in [0.1, 0.15) is 5.82 Å². The van der Waals surface area contributed by atoms with E-state index in [9.17, 15) is 9.18 Å². The molecule has 0 aliphatic carbocycles. The Balaban J connectivity index is 2.49. The van der Waals surface area contributed by atoms with Crippen molar-refractivity contribution in [2.24, 2.45) is 5.92 Å². The Morgan fingerprint density at radius 2 is 2.14 bits per heavy atom. The smallest absolute Gasteiger partial charge is 0.340 e. The number of hydrogen-bond donors (Lipinski definition) is 1. The molecule has 0 radical (unpaired) electrons. The molecule has 1 atom stereocenters. The zero-order valence-electron chi connectivity index (χ0n) is 13.2. The van der Waals surface area contributed by atoms with Crippen LogP contribution in [0.3, 0.4) is 0 Å². The van der Waals surface area contributed by atoms with Crippen molar-refractivity contribution in [3.05, 3.63) is 35.1 Å². The first kappa shape index (κ1) is 17.6. The molecular formula is C17H26FNO2. The average Bonchev–Trinajstić information content (AvgIpc) is 2.50. The first-order valence-corrected chi connectivity index (χ1v) is 7.69. The number of nitrogens with one attached hydrogen (secondary N) is 1. The minimum absolute atomic E-state index is 0.0179. The Labute approximate surface area is 126 Å². The summed E-state index contributed by atoms with van der Waals surface area (Å²) in [6.07, 6.45) is 4.86. The molecule has 0 saturated carbocycles. The number of ether oxygens (including phenoxy) is 1. The molecule has 1 rings (SSSR count). The monoisotopic (exact) mass is 295 g/mol. The van der Waals surface area contributed by atoms with Gasteiger partial charge in [-0.2, -0.15) is 0 Å². The normalized spacial score (nSPS) is 12.2. The van der Waals surface area contributed by atoms with E-state index in [0.717, 1.165) is 18.5 Å². The van der Waals surface area contributed by atoms with E-state index in [4.69, 9.17) is 0 Å². The largest absolute Gasteiger partial charge is 0.465 e. The van der Waals surface area contributed by atoms with Crippen LogP contribution in [-0.4, -0.2) is 19.6 Å². The summed E-state index contributed by atoms with van der Waals surface area (Å²) in [5, 5.41) is 3.37. The van der Waals surface area contributed by atoms with Crippen molar-refractivity contribution in [1.82, 2.24) is 5.32 Å². The first-order chi connectivity index (χ1) is 10.1. The van der Waals surface area contributed by atoms with Crippen molar-refractivity contribution in [3.8, 4) is 0 Å². The fraction of sp³-hybridized carbons (Fsp3) is 0.588. The van der Waals surface area contributed by atoms with Crippen molar-refractivity contribution in [3.63, 3.8) is 0 Å².